The zero-order valence-electron chi connectivity index (χ0n) is 8.92. The van der Waals surface area contributed by atoms with Gasteiger partial charge < -0.3 is 15.5 Å². The van der Waals surface area contributed by atoms with Crippen LogP contribution < -0.4 is 5.32 Å². The number of phenolic OH excluding ortho intramolecular Hbond substituents is 2. The molecule has 0 fully saturated rings. The Kier molecular flexibility index (Phi) is 2.96. The number of anilines is 1. The van der Waals surface area contributed by atoms with E-state index in [9.17, 15) is 9.90 Å². The molecule has 2 rings (SSSR count). The van der Waals surface area contributed by atoms with Crippen LogP contribution in [0.5, 0.6) is 11.5 Å². The van der Waals surface area contributed by atoms with Crippen LogP contribution in [0.3, 0.4) is 0 Å². The second-order valence-corrected chi connectivity index (χ2v) is 3.52. The highest BCUT2D eigenvalue weighted by atomic mass is 16.3. The van der Waals surface area contributed by atoms with Gasteiger partial charge in [-0.05, 0) is 30.3 Å². The van der Waals surface area contributed by atoms with Gasteiger partial charge in [0.1, 0.15) is 0 Å². The second kappa shape index (κ2) is 4.57. The number of nitrogens with one attached hydrogen (secondary N) is 1. The molecule has 2 aromatic carbocycles. The van der Waals surface area contributed by atoms with Gasteiger partial charge in [-0.15, -0.1) is 0 Å². The van der Waals surface area contributed by atoms with Gasteiger partial charge in [0, 0.05) is 11.3 Å². The van der Waals surface area contributed by atoms with E-state index in [1.807, 2.05) is 18.2 Å². The van der Waals surface area contributed by atoms with Gasteiger partial charge in [-0.3, -0.25) is 4.79 Å². The maximum Gasteiger partial charge on any atom is 0.255 e. The van der Waals surface area contributed by atoms with Crippen molar-refractivity contribution in [2.75, 3.05) is 5.32 Å². The van der Waals surface area contributed by atoms with Gasteiger partial charge in [0.2, 0.25) is 0 Å². The predicted octanol–water partition coefficient (Wildman–Crippen LogP) is 2.35. The van der Waals surface area contributed by atoms with Crippen LogP contribution in [0.2, 0.25) is 0 Å². The summed E-state index contributed by atoms with van der Waals surface area (Å²) in [5.41, 5.74) is 0.953. The van der Waals surface area contributed by atoms with Crippen molar-refractivity contribution in [3.63, 3.8) is 0 Å². The molecular formula is C13H11NO3. The zero-order chi connectivity index (χ0) is 12.3. The molecule has 2 aromatic rings. The Morgan fingerprint density at radius 1 is 0.941 bits per heavy atom. The van der Waals surface area contributed by atoms with Crippen molar-refractivity contribution in [3.8, 4) is 11.5 Å². The van der Waals surface area contributed by atoms with Crippen molar-refractivity contribution in [1.29, 1.82) is 0 Å². The molecule has 86 valence electrons. The summed E-state index contributed by atoms with van der Waals surface area (Å²) in [6.45, 7) is 0. The van der Waals surface area contributed by atoms with E-state index >= 15 is 0 Å². The number of aromatic hydroxyl groups is 2. The molecule has 0 spiro atoms. The first-order chi connectivity index (χ1) is 8.16. The summed E-state index contributed by atoms with van der Waals surface area (Å²) in [5.74, 6) is -0.904. The Morgan fingerprint density at radius 3 is 2.29 bits per heavy atom. The minimum Gasteiger partial charge on any atom is -0.504 e. The van der Waals surface area contributed by atoms with Crippen molar-refractivity contribution >= 4 is 11.6 Å². The molecule has 4 nitrogen and oxygen atoms in total. The number of rotatable bonds is 2. The van der Waals surface area contributed by atoms with E-state index in [1.165, 1.54) is 18.2 Å². The molecule has 0 bridgehead atoms. The minimum absolute atomic E-state index is 0.249. The molecule has 0 heterocycles. The van der Waals surface area contributed by atoms with E-state index in [4.69, 9.17) is 5.11 Å². The fraction of sp³-hybridized carbons (Fsp3) is 0. The quantitative estimate of drug-likeness (QED) is 0.692. The summed E-state index contributed by atoms with van der Waals surface area (Å²) in [4.78, 5) is 11.8. The molecule has 0 aliphatic carbocycles. The predicted molar refractivity (Wildman–Crippen MR) is 64.2 cm³/mol. The van der Waals surface area contributed by atoms with Gasteiger partial charge in [0.25, 0.3) is 5.91 Å². The van der Waals surface area contributed by atoms with Crippen LogP contribution in [0.1, 0.15) is 10.4 Å². The number of benzene rings is 2. The third-order valence-corrected chi connectivity index (χ3v) is 2.27. The smallest absolute Gasteiger partial charge is 0.255 e. The highest BCUT2D eigenvalue weighted by Crippen LogP contribution is 2.25. The summed E-state index contributed by atoms with van der Waals surface area (Å²) < 4.78 is 0. The molecule has 0 saturated heterocycles. The molecular weight excluding hydrogens is 218 g/mol. The molecule has 1 amide bonds. The van der Waals surface area contributed by atoms with E-state index in [0.717, 1.165) is 0 Å². The van der Waals surface area contributed by atoms with E-state index in [-0.39, 0.29) is 23.0 Å². The number of hydrogen-bond donors (Lipinski definition) is 3. The average Bonchev–Trinajstić information content (AvgIpc) is 2.34. The number of carbonyl (C=O) groups is 1. The molecule has 4 heteroatoms. The second-order valence-electron chi connectivity index (χ2n) is 3.52. The Labute approximate surface area is 98.2 Å². The first kappa shape index (κ1) is 11.0. The fourth-order valence-electron chi connectivity index (χ4n) is 1.39. The fourth-order valence-corrected chi connectivity index (χ4v) is 1.39. The van der Waals surface area contributed by atoms with Crippen molar-refractivity contribution in [2.24, 2.45) is 0 Å². The SMILES string of the molecule is O=C(Nc1ccccc1)c1ccc(O)c(O)c1. The summed E-state index contributed by atoms with van der Waals surface area (Å²) in [6.07, 6.45) is 0. The summed E-state index contributed by atoms with van der Waals surface area (Å²) in [5, 5.41) is 21.1. The number of amides is 1. The molecule has 0 saturated carbocycles. The van der Waals surface area contributed by atoms with Gasteiger partial charge >= 0.3 is 0 Å². The molecule has 0 aliphatic heterocycles. The van der Waals surface area contributed by atoms with Crippen molar-refractivity contribution in [2.45, 2.75) is 0 Å². The lowest BCUT2D eigenvalue weighted by Gasteiger charge is -2.05. The molecule has 0 atom stereocenters. The Hall–Kier alpha value is -2.49. The van der Waals surface area contributed by atoms with Gasteiger partial charge in [-0.1, -0.05) is 18.2 Å². The Morgan fingerprint density at radius 2 is 1.65 bits per heavy atom. The van der Waals surface area contributed by atoms with Crippen LogP contribution >= 0.6 is 0 Å². The Balaban J connectivity index is 2.18. The van der Waals surface area contributed by atoms with Crippen LogP contribution in [0.15, 0.2) is 48.5 Å². The number of phenols is 2. The maximum absolute atomic E-state index is 11.8. The van der Waals surface area contributed by atoms with Gasteiger partial charge in [-0.2, -0.15) is 0 Å². The highest BCUT2D eigenvalue weighted by Gasteiger charge is 2.08. The third kappa shape index (κ3) is 2.55. The van der Waals surface area contributed by atoms with Crippen LogP contribution in [-0.2, 0) is 0 Å². The average molecular weight is 229 g/mol. The van der Waals surface area contributed by atoms with Gasteiger partial charge in [0.05, 0.1) is 0 Å². The highest BCUT2D eigenvalue weighted by molar-refractivity contribution is 6.04. The Bertz CT molecular complexity index is 538. The number of carbonyl (C=O) groups excluding carboxylic acids is 1. The molecule has 0 unspecified atom stereocenters. The lowest BCUT2D eigenvalue weighted by atomic mass is 10.2. The zero-order valence-corrected chi connectivity index (χ0v) is 8.92. The standard InChI is InChI=1S/C13H11NO3/c15-11-7-6-9(8-12(11)16)13(17)14-10-4-2-1-3-5-10/h1-8,15-16H,(H,14,17). The molecule has 3 N–H and O–H groups in total. The monoisotopic (exact) mass is 229 g/mol. The molecule has 17 heavy (non-hydrogen) atoms. The normalized spacial score (nSPS) is 9.88. The molecule has 0 aliphatic rings. The lowest BCUT2D eigenvalue weighted by Crippen LogP contribution is -2.11. The summed E-state index contributed by atoms with van der Waals surface area (Å²) >= 11 is 0. The first-order valence-corrected chi connectivity index (χ1v) is 5.05. The van der Waals surface area contributed by atoms with Crippen LogP contribution in [0.25, 0.3) is 0 Å². The maximum atomic E-state index is 11.8. The van der Waals surface area contributed by atoms with Crippen LogP contribution in [0.4, 0.5) is 5.69 Å². The topological polar surface area (TPSA) is 69.6 Å². The van der Waals surface area contributed by atoms with E-state index in [0.29, 0.717) is 5.69 Å². The van der Waals surface area contributed by atoms with Crippen molar-refractivity contribution in [3.05, 3.63) is 54.1 Å². The van der Waals surface area contributed by atoms with Crippen molar-refractivity contribution < 1.29 is 15.0 Å². The summed E-state index contributed by atoms with van der Waals surface area (Å²) in [7, 11) is 0. The molecule has 0 radical (unpaired) electrons. The summed E-state index contributed by atoms with van der Waals surface area (Å²) in [6, 6.07) is 12.9. The van der Waals surface area contributed by atoms with Gasteiger partial charge in [0.15, 0.2) is 11.5 Å². The third-order valence-electron chi connectivity index (χ3n) is 2.27. The largest absolute Gasteiger partial charge is 0.504 e. The van der Waals surface area contributed by atoms with E-state index in [1.54, 1.807) is 12.1 Å². The van der Waals surface area contributed by atoms with Crippen LogP contribution in [-0.4, -0.2) is 16.1 Å². The minimum atomic E-state index is -0.341. The van der Waals surface area contributed by atoms with Crippen LogP contribution in [0, 0.1) is 0 Å². The van der Waals surface area contributed by atoms with Crippen molar-refractivity contribution in [1.82, 2.24) is 0 Å². The number of hydrogen-bond acceptors (Lipinski definition) is 3. The lowest BCUT2D eigenvalue weighted by molar-refractivity contribution is 0.102. The molecule has 0 aromatic heterocycles. The van der Waals surface area contributed by atoms with E-state index in [2.05, 4.69) is 5.32 Å². The van der Waals surface area contributed by atoms with Gasteiger partial charge in [-0.25, -0.2) is 0 Å². The van der Waals surface area contributed by atoms with E-state index < -0.39 is 0 Å². The number of para-hydroxylation sites is 1. The first-order valence-electron chi connectivity index (χ1n) is 5.05.